The van der Waals surface area contributed by atoms with Crippen LogP contribution in [0.4, 0.5) is 5.69 Å². The van der Waals surface area contributed by atoms with Gasteiger partial charge in [-0.1, -0.05) is 6.07 Å². The summed E-state index contributed by atoms with van der Waals surface area (Å²) in [6.45, 7) is 0.616. The SMILES string of the molecule is COc1cc(CNc2cccc(SC)c2)cc(OC)c1O.O=C(O)C(=O)O. The van der Waals surface area contributed by atoms with E-state index in [2.05, 4.69) is 23.7 Å². The first-order valence-electron chi connectivity index (χ1n) is 7.60. The van der Waals surface area contributed by atoms with Gasteiger partial charge < -0.3 is 30.1 Å². The van der Waals surface area contributed by atoms with Crippen molar-refractivity contribution < 1.29 is 34.4 Å². The van der Waals surface area contributed by atoms with Gasteiger partial charge in [0.15, 0.2) is 11.5 Å². The van der Waals surface area contributed by atoms with Crippen molar-refractivity contribution in [2.75, 3.05) is 25.8 Å². The van der Waals surface area contributed by atoms with Gasteiger partial charge in [-0.2, -0.15) is 0 Å². The summed E-state index contributed by atoms with van der Waals surface area (Å²) >= 11 is 1.71. The molecule has 0 spiro atoms. The maximum absolute atomic E-state index is 9.89. The maximum atomic E-state index is 9.89. The standard InChI is InChI=1S/C16H19NO3S.C2H2O4/c1-19-14-7-11(8-15(20-2)16(14)18)10-17-12-5-4-6-13(9-12)21-3;3-1(4)2(5)6/h4-9,17-18H,10H2,1-3H3;(H,3,4)(H,5,6). The molecule has 2 rings (SSSR count). The number of phenolic OH excluding ortho intramolecular Hbond substituents is 1. The van der Waals surface area contributed by atoms with E-state index in [9.17, 15) is 5.11 Å². The molecule has 0 aliphatic rings. The maximum Gasteiger partial charge on any atom is 0.414 e. The number of carbonyl (C=O) groups is 2. The van der Waals surface area contributed by atoms with E-state index in [0.717, 1.165) is 11.3 Å². The Kier molecular flexibility index (Phi) is 8.80. The number of hydrogen-bond donors (Lipinski definition) is 4. The molecule has 0 unspecified atom stereocenters. The number of nitrogens with one attached hydrogen (secondary N) is 1. The Morgan fingerprint density at radius 2 is 1.59 bits per heavy atom. The van der Waals surface area contributed by atoms with Crippen molar-refractivity contribution in [2.24, 2.45) is 0 Å². The zero-order chi connectivity index (χ0) is 20.4. The summed E-state index contributed by atoms with van der Waals surface area (Å²) in [7, 11) is 3.04. The monoisotopic (exact) mass is 395 g/mol. The minimum atomic E-state index is -1.82. The van der Waals surface area contributed by atoms with Crippen LogP contribution < -0.4 is 14.8 Å². The summed E-state index contributed by atoms with van der Waals surface area (Å²) in [5.41, 5.74) is 2.02. The van der Waals surface area contributed by atoms with Gasteiger partial charge in [-0.3, -0.25) is 0 Å². The molecule has 0 aliphatic heterocycles. The van der Waals surface area contributed by atoms with Crippen molar-refractivity contribution in [1.82, 2.24) is 0 Å². The van der Waals surface area contributed by atoms with Gasteiger partial charge in [0.2, 0.25) is 5.75 Å². The molecule has 0 atom stereocenters. The molecule has 0 amide bonds. The van der Waals surface area contributed by atoms with E-state index < -0.39 is 11.9 Å². The number of aromatic hydroxyl groups is 1. The molecule has 8 nitrogen and oxygen atoms in total. The molecule has 0 aliphatic carbocycles. The van der Waals surface area contributed by atoms with Gasteiger partial charge in [-0.05, 0) is 42.2 Å². The molecule has 0 saturated heterocycles. The molecule has 0 fully saturated rings. The molecule has 2 aromatic carbocycles. The highest BCUT2D eigenvalue weighted by atomic mass is 32.2. The molecule has 4 N–H and O–H groups in total. The molecular weight excluding hydrogens is 374 g/mol. The van der Waals surface area contributed by atoms with Crippen molar-refractivity contribution in [1.29, 1.82) is 0 Å². The Bertz CT molecular complexity index is 758. The van der Waals surface area contributed by atoms with E-state index in [0.29, 0.717) is 18.0 Å². The first-order valence-corrected chi connectivity index (χ1v) is 8.82. The third-order valence-electron chi connectivity index (χ3n) is 3.29. The number of aliphatic carboxylic acids is 2. The fourth-order valence-corrected chi connectivity index (χ4v) is 2.45. The predicted molar refractivity (Wildman–Crippen MR) is 102 cm³/mol. The smallest absolute Gasteiger partial charge is 0.414 e. The van der Waals surface area contributed by atoms with Crippen molar-refractivity contribution in [2.45, 2.75) is 11.4 Å². The van der Waals surface area contributed by atoms with E-state index in [-0.39, 0.29) is 5.75 Å². The van der Waals surface area contributed by atoms with E-state index in [1.807, 2.05) is 12.1 Å². The number of phenols is 1. The number of anilines is 1. The Morgan fingerprint density at radius 3 is 2.04 bits per heavy atom. The van der Waals surface area contributed by atoms with E-state index in [1.54, 1.807) is 23.9 Å². The zero-order valence-corrected chi connectivity index (χ0v) is 15.9. The lowest BCUT2D eigenvalue weighted by atomic mass is 10.1. The average Bonchev–Trinajstić information content (AvgIpc) is 2.67. The summed E-state index contributed by atoms with van der Waals surface area (Å²) < 4.78 is 10.3. The molecular formula is C18H21NO7S. The third-order valence-corrected chi connectivity index (χ3v) is 4.01. The van der Waals surface area contributed by atoms with Gasteiger partial charge in [0, 0.05) is 17.1 Å². The Morgan fingerprint density at radius 1 is 1.04 bits per heavy atom. The number of hydrogen-bond acceptors (Lipinski definition) is 7. The molecule has 0 saturated carbocycles. The van der Waals surface area contributed by atoms with Crippen molar-refractivity contribution in [3.8, 4) is 17.2 Å². The normalized spacial score (nSPS) is 9.59. The number of thioether (sulfide) groups is 1. The number of rotatable bonds is 6. The summed E-state index contributed by atoms with van der Waals surface area (Å²) in [4.78, 5) is 19.4. The van der Waals surface area contributed by atoms with Gasteiger partial charge >= 0.3 is 11.9 Å². The van der Waals surface area contributed by atoms with Crippen LogP contribution in [-0.4, -0.2) is 47.7 Å². The second kappa shape index (κ2) is 10.8. The van der Waals surface area contributed by atoms with Crippen LogP contribution in [0.25, 0.3) is 0 Å². The van der Waals surface area contributed by atoms with Crippen LogP contribution >= 0.6 is 11.8 Å². The average molecular weight is 395 g/mol. The molecule has 146 valence electrons. The Hall–Kier alpha value is -3.07. The van der Waals surface area contributed by atoms with Crippen LogP contribution in [0.3, 0.4) is 0 Å². The summed E-state index contributed by atoms with van der Waals surface area (Å²) in [6.07, 6.45) is 2.05. The second-order valence-electron chi connectivity index (χ2n) is 5.04. The number of benzene rings is 2. The van der Waals surface area contributed by atoms with Gasteiger partial charge in [0.05, 0.1) is 14.2 Å². The topological polar surface area (TPSA) is 125 Å². The Labute approximate surface area is 160 Å². The van der Waals surface area contributed by atoms with Crippen molar-refractivity contribution in [3.63, 3.8) is 0 Å². The molecule has 0 heterocycles. The van der Waals surface area contributed by atoms with Crippen LogP contribution in [0.15, 0.2) is 41.3 Å². The lowest BCUT2D eigenvalue weighted by Crippen LogP contribution is -2.09. The number of ether oxygens (including phenoxy) is 2. The molecule has 0 aromatic heterocycles. The molecule has 27 heavy (non-hydrogen) atoms. The minimum Gasteiger partial charge on any atom is -0.502 e. The van der Waals surface area contributed by atoms with Crippen LogP contribution in [0.5, 0.6) is 17.2 Å². The number of methoxy groups -OCH3 is 2. The molecule has 9 heteroatoms. The van der Waals surface area contributed by atoms with E-state index in [4.69, 9.17) is 29.3 Å². The van der Waals surface area contributed by atoms with Crippen LogP contribution in [-0.2, 0) is 16.1 Å². The predicted octanol–water partition coefficient (Wildman–Crippen LogP) is 2.90. The minimum absolute atomic E-state index is 0.0214. The molecule has 2 aromatic rings. The highest BCUT2D eigenvalue weighted by Crippen LogP contribution is 2.37. The van der Waals surface area contributed by atoms with Gasteiger partial charge in [0.25, 0.3) is 0 Å². The number of carboxylic acids is 2. The third kappa shape index (κ3) is 6.98. The lowest BCUT2D eigenvalue weighted by molar-refractivity contribution is -0.159. The molecule has 0 bridgehead atoms. The van der Waals surface area contributed by atoms with Gasteiger partial charge in [-0.25, -0.2) is 9.59 Å². The van der Waals surface area contributed by atoms with Gasteiger partial charge in [0.1, 0.15) is 0 Å². The lowest BCUT2D eigenvalue weighted by Gasteiger charge is -2.12. The fourth-order valence-electron chi connectivity index (χ4n) is 1.99. The van der Waals surface area contributed by atoms with Crippen LogP contribution in [0.1, 0.15) is 5.56 Å². The van der Waals surface area contributed by atoms with Crippen LogP contribution in [0, 0.1) is 0 Å². The first kappa shape index (κ1) is 22.0. The zero-order valence-electron chi connectivity index (χ0n) is 15.1. The van der Waals surface area contributed by atoms with Crippen molar-refractivity contribution >= 4 is 29.4 Å². The summed E-state index contributed by atoms with van der Waals surface area (Å²) in [6, 6.07) is 11.8. The molecule has 0 radical (unpaired) electrons. The second-order valence-corrected chi connectivity index (χ2v) is 5.92. The largest absolute Gasteiger partial charge is 0.502 e. The highest BCUT2D eigenvalue weighted by Gasteiger charge is 2.11. The highest BCUT2D eigenvalue weighted by molar-refractivity contribution is 7.98. The van der Waals surface area contributed by atoms with E-state index >= 15 is 0 Å². The summed E-state index contributed by atoms with van der Waals surface area (Å²) in [5.74, 6) is -2.81. The quantitative estimate of drug-likeness (QED) is 0.431. The Balaban J connectivity index is 0.000000527. The summed E-state index contributed by atoms with van der Waals surface area (Å²) in [5, 5.41) is 28.0. The fraction of sp³-hybridized carbons (Fsp3) is 0.222. The van der Waals surface area contributed by atoms with Gasteiger partial charge in [-0.15, -0.1) is 11.8 Å². The van der Waals surface area contributed by atoms with Crippen LogP contribution in [0.2, 0.25) is 0 Å². The first-order chi connectivity index (χ1) is 12.8. The van der Waals surface area contributed by atoms with Crippen molar-refractivity contribution in [3.05, 3.63) is 42.0 Å². The van der Waals surface area contributed by atoms with E-state index in [1.165, 1.54) is 19.1 Å². The number of carboxylic acid groups (broad SMARTS) is 2.